The van der Waals surface area contributed by atoms with Gasteiger partial charge < -0.3 is 13.8 Å². The van der Waals surface area contributed by atoms with Gasteiger partial charge in [-0.15, -0.1) is 0 Å². The highest BCUT2D eigenvalue weighted by molar-refractivity contribution is 7.97. The summed E-state index contributed by atoms with van der Waals surface area (Å²) in [7, 11) is 0. The Bertz CT molecular complexity index is 777. The number of esters is 2. The summed E-state index contributed by atoms with van der Waals surface area (Å²) >= 11 is 1.51. The Morgan fingerprint density at radius 2 is 2.17 bits per heavy atom. The molecule has 4 rings (SSSR count). The molecular formula is C16H14N2O5S. The number of benzene rings is 1. The lowest BCUT2D eigenvalue weighted by atomic mass is 10.1. The largest absolute Gasteiger partial charge is 0.417 e. The Kier molecular flexibility index (Phi) is 3.49. The van der Waals surface area contributed by atoms with E-state index >= 15 is 0 Å². The quantitative estimate of drug-likeness (QED) is 0.469. The monoisotopic (exact) mass is 346 g/mol. The van der Waals surface area contributed by atoms with Crippen LogP contribution in [0.25, 0.3) is 0 Å². The van der Waals surface area contributed by atoms with Gasteiger partial charge in [0, 0.05) is 18.3 Å². The van der Waals surface area contributed by atoms with Crippen molar-refractivity contribution in [2.45, 2.75) is 25.0 Å². The molecule has 124 valence electrons. The van der Waals surface area contributed by atoms with E-state index in [2.05, 4.69) is 0 Å². The van der Waals surface area contributed by atoms with E-state index in [4.69, 9.17) is 9.47 Å². The molecule has 8 heteroatoms. The maximum Gasteiger partial charge on any atom is 0.360 e. The maximum absolute atomic E-state index is 12.6. The van der Waals surface area contributed by atoms with Gasteiger partial charge in [0.1, 0.15) is 11.1 Å². The molecule has 3 heterocycles. The summed E-state index contributed by atoms with van der Waals surface area (Å²) in [5.41, 5.74) is 1.08. The van der Waals surface area contributed by atoms with E-state index < -0.39 is 18.2 Å². The summed E-state index contributed by atoms with van der Waals surface area (Å²) in [6.07, 6.45) is 0.914. The molecule has 0 radical (unpaired) electrons. The minimum absolute atomic E-state index is 0.0802. The number of β-lactam (4-membered cyclic amide) rings is 1. The van der Waals surface area contributed by atoms with Gasteiger partial charge in [0.15, 0.2) is 0 Å². The van der Waals surface area contributed by atoms with Gasteiger partial charge in [-0.2, -0.15) is 0 Å². The predicted octanol–water partition coefficient (Wildman–Crippen LogP) is 1.78. The molecule has 1 fully saturated rings. The number of ether oxygens (including phenoxy) is 2. The average Bonchev–Trinajstić information content (AvgIpc) is 2.89. The maximum atomic E-state index is 12.6. The van der Waals surface area contributed by atoms with Crippen LogP contribution in [0.5, 0.6) is 0 Å². The van der Waals surface area contributed by atoms with E-state index in [1.54, 1.807) is 30.5 Å². The molecule has 1 amide bonds. The first-order valence-electron chi connectivity index (χ1n) is 7.56. The minimum Gasteiger partial charge on any atom is -0.417 e. The van der Waals surface area contributed by atoms with Gasteiger partial charge in [-0.25, -0.2) is 9.59 Å². The van der Waals surface area contributed by atoms with Crippen molar-refractivity contribution in [2.75, 3.05) is 6.54 Å². The number of hydrogen-bond donors (Lipinski definition) is 0. The summed E-state index contributed by atoms with van der Waals surface area (Å²) in [6.45, 7) is 2.65. The van der Waals surface area contributed by atoms with Crippen LogP contribution in [0, 0.1) is 0 Å². The van der Waals surface area contributed by atoms with Crippen molar-refractivity contribution < 1.29 is 23.9 Å². The highest BCUT2D eigenvalue weighted by atomic mass is 32.2. The second-order valence-electron chi connectivity index (χ2n) is 5.51. The van der Waals surface area contributed by atoms with Gasteiger partial charge in [-0.1, -0.05) is 18.2 Å². The van der Waals surface area contributed by atoms with Gasteiger partial charge in [0.05, 0.1) is 12.0 Å². The summed E-state index contributed by atoms with van der Waals surface area (Å²) < 4.78 is 12.4. The lowest BCUT2D eigenvalue weighted by Gasteiger charge is -2.45. The van der Waals surface area contributed by atoms with Crippen LogP contribution >= 0.6 is 11.9 Å². The molecular weight excluding hydrogens is 332 g/mol. The molecule has 3 aliphatic rings. The van der Waals surface area contributed by atoms with Crippen molar-refractivity contribution in [1.29, 1.82) is 0 Å². The Hall–Kier alpha value is -2.48. The predicted molar refractivity (Wildman–Crippen MR) is 84.0 cm³/mol. The standard InChI is InChI=1S/C16H14N2O5S/c1-2-17-8-11(18-12(19)7-13(18)24-17)15(21)23-16-10-6-4-3-5-9(10)14(20)22-16/h3-6,8,13,16H,2,7H2,1H3/t13-,16?/m1/s1. The number of carbonyl (C=O) groups is 3. The molecule has 0 aromatic heterocycles. The van der Waals surface area contributed by atoms with Crippen LogP contribution < -0.4 is 0 Å². The third-order valence-electron chi connectivity index (χ3n) is 4.07. The lowest BCUT2D eigenvalue weighted by Crippen LogP contribution is -2.55. The van der Waals surface area contributed by atoms with Crippen LogP contribution in [-0.4, -0.2) is 39.0 Å². The molecule has 1 aromatic carbocycles. The zero-order valence-corrected chi connectivity index (χ0v) is 13.6. The highest BCUT2D eigenvalue weighted by Crippen LogP contribution is 2.40. The topological polar surface area (TPSA) is 76.2 Å². The zero-order valence-electron chi connectivity index (χ0n) is 12.8. The van der Waals surface area contributed by atoms with Gasteiger partial charge >= 0.3 is 11.9 Å². The Balaban J connectivity index is 1.57. The van der Waals surface area contributed by atoms with Crippen molar-refractivity contribution in [3.8, 4) is 0 Å². The van der Waals surface area contributed by atoms with Crippen LogP contribution in [0.3, 0.4) is 0 Å². The van der Waals surface area contributed by atoms with E-state index in [9.17, 15) is 14.4 Å². The van der Waals surface area contributed by atoms with Crippen molar-refractivity contribution in [2.24, 2.45) is 0 Å². The fourth-order valence-corrected chi connectivity index (χ4v) is 3.99. The van der Waals surface area contributed by atoms with Crippen molar-refractivity contribution in [3.63, 3.8) is 0 Å². The molecule has 1 unspecified atom stereocenters. The van der Waals surface area contributed by atoms with Crippen LogP contribution in [0.4, 0.5) is 0 Å². The average molecular weight is 346 g/mol. The molecule has 0 spiro atoms. The number of carbonyl (C=O) groups excluding carboxylic acids is 3. The van der Waals surface area contributed by atoms with E-state index in [0.29, 0.717) is 24.1 Å². The number of cyclic esters (lactones) is 1. The van der Waals surface area contributed by atoms with E-state index in [1.165, 1.54) is 16.8 Å². The first-order chi connectivity index (χ1) is 11.6. The number of hydrogen-bond acceptors (Lipinski definition) is 7. The highest BCUT2D eigenvalue weighted by Gasteiger charge is 2.46. The summed E-state index contributed by atoms with van der Waals surface area (Å²) in [5, 5.41) is -0.0802. The molecule has 3 aliphatic heterocycles. The normalized spacial score (nSPS) is 24.6. The van der Waals surface area contributed by atoms with Crippen LogP contribution in [0.1, 0.15) is 35.6 Å². The third kappa shape index (κ3) is 2.25. The first kappa shape index (κ1) is 15.1. The van der Waals surface area contributed by atoms with E-state index in [0.717, 1.165) is 0 Å². The number of amides is 1. The molecule has 1 saturated heterocycles. The second-order valence-corrected chi connectivity index (χ2v) is 6.73. The zero-order chi connectivity index (χ0) is 16.8. The molecule has 0 saturated carbocycles. The number of fused-ring (bicyclic) bond motifs is 2. The Morgan fingerprint density at radius 1 is 1.38 bits per heavy atom. The summed E-state index contributed by atoms with van der Waals surface area (Å²) in [6, 6.07) is 6.76. The van der Waals surface area contributed by atoms with Gasteiger partial charge in [0.25, 0.3) is 6.29 Å². The van der Waals surface area contributed by atoms with Crippen molar-refractivity contribution in [1.82, 2.24) is 9.21 Å². The smallest absolute Gasteiger partial charge is 0.360 e. The SMILES string of the molecule is CCN1C=C(C(=O)OC2OC(=O)c3ccccc32)N2C(=O)C[C@H]2S1. The first-order valence-corrected chi connectivity index (χ1v) is 8.40. The van der Waals surface area contributed by atoms with Crippen molar-refractivity contribution in [3.05, 3.63) is 47.3 Å². The summed E-state index contributed by atoms with van der Waals surface area (Å²) in [4.78, 5) is 37.6. The van der Waals surface area contributed by atoms with Crippen molar-refractivity contribution >= 4 is 29.8 Å². The van der Waals surface area contributed by atoms with Crippen LogP contribution in [0.2, 0.25) is 0 Å². The summed E-state index contributed by atoms with van der Waals surface area (Å²) in [5.74, 6) is -1.32. The molecule has 0 N–H and O–H groups in total. The molecule has 24 heavy (non-hydrogen) atoms. The molecule has 0 bridgehead atoms. The molecule has 7 nitrogen and oxygen atoms in total. The lowest BCUT2D eigenvalue weighted by molar-refractivity contribution is -0.168. The molecule has 2 atom stereocenters. The molecule has 1 aromatic rings. The fourth-order valence-electron chi connectivity index (χ4n) is 2.82. The number of nitrogens with zero attached hydrogens (tertiary/aromatic N) is 2. The van der Waals surface area contributed by atoms with E-state index in [1.807, 2.05) is 11.2 Å². The van der Waals surface area contributed by atoms with Gasteiger partial charge in [0.2, 0.25) is 5.91 Å². The fraction of sp³-hybridized carbons (Fsp3) is 0.312. The Labute approximate surface area is 142 Å². The van der Waals surface area contributed by atoms with Gasteiger partial charge in [-0.3, -0.25) is 9.69 Å². The minimum atomic E-state index is -1.08. The second kappa shape index (κ2) is 5.55. The van der Waals surface area contributed by atoms with Gasteiger partial charge in [-0.05, 0) is 24.9 Å². The molecule has 0 aliphatic carbocycles. The third-order valence-corrected chi connectivity index (χ3v) is 5.33. The number of rotatable bonds is 3. The Morgan fingerprint density at radius 3 is 2.92 bits per heavy atom. The van der Waals surface area contributed by atoms with Crippen LogP contribution in [-0.2, 0) is 19.1 Å². The van der Waals surface area contributed by atoms with E-state index in [-0.39, 0.29) is 17.0 Å². The van der Waals surface area contributed by atoms with Crippen LogP contribution in [0.15, 0.2) is 36.2 Å².